The molecule has 16 heavy (non-hydrogen) atoms. The predicted molar refractivity (Wildman–Crippen MR) is 64.1 cm³/mol. The second kappa shape index (κ2) is 5.64. The van der Waals surface area contributed by atoms with Crippen molar-refractivity contribution in [3.8, 4) is 0 Å². The topological polar surface area (TPSA) is 55.6 Å². The van der Waals surface area contributed by atoms with E-state index < -0.39 is 5.41 Å². The molecule has 0 saturated carbocycles. The first-order chi connectivity index (χ1) is 7.53. The Morgan fingerprint density at radius 1 is 1.62 bits per heavy atom. The fourth-order valence-corrected chi connectivity index (χ4v) is 2.02. The zero-order valence-electron chi connectivity index (χ0n) is 10.7. The van der Waals surface area contributed by atoms with Gasteiger partial charge in [-0.3, -0.25) is 4.79 Å². The summed E-state index contributed by atoms with van der Waals surface area (Å²) >= 11 is 0. The van der Waals surface area contributed by atoms with Gasteiger partial charge < -0.3 is 15.4 Å². The average Bonchev–Trinajstić information content (AvgIpc) is 2.79. The largest absolute Gasteiger partial charge is 0.376 e. The molecule has 0 aromatic carbocycles. The van der Waals surface area contributed by atoms with Crippen LogP contribution in [0.3, 0.4) is 0 Å². The van der Waals surface area contributed by atoms with Crippen LogP contribution in [0.1, 0.15) is 33.1 Å². The van der Waals surface area contributed by atoms with Crippen molar-refractivity contribution in [3.63, 3.8) is 0 Å². The highest BCUT2D eigenvalue weighted by atomic mass is 16.5. The van der Waals surface area contributed by atoms with E-state index >= 15 is 0 Å². The first-order valence-corrected chi connectivity index (χ1v) is 6.10. The molecule has 1 saturated heterocycles. The van der Waals surface area contributed by atoms with Crippen molar-refractivity contribution in [2.24, 2.45) is 11.1 Å². The number of hydrogen-bond donors (Lipinski definition) is 1. The minimum absolute atomic E-state index is 0.132. The quantitative estimate of drug-likeness (QED) is 0.763. The first kappa shape index (κ1) is 13.5. The van der Waals surface area contributed by atoms with Crippen LogP contribution in [-0.2, 0) is 9.53 Å². The number of nitrogens with zero attached hydrogens (tertiary/aromatic N) is 1. The van der Waals surface area contributed by atoms with Gasteiger partial charge >= 0.3 is 0 Å². The van der Waals surface area contributed by atoms with Crippen LogP contribution < -0.4 is 5.73 Å². The zero-order valence-corrected chi connectivity index (χ0v) is 10.7. The van der Waals surface area contributed by atoms with Gasteiger partial charge in [0.25, 0.3) is 0 Å². The zero-order chi connectivity index (χ0) is 12.2. The standard InChI is InChI=1S/C12H24N2O2/c1-4-12(2,9-13)11(15)14(3)8-10-6-5-7-16-10/h10H,4-9,13H2,1-3H3. The molecule has 0 spiro atoms. The summed E-state index contributed by atoms with van der Waals surface area (Å²) in [5.41, 5.74) is 5.26. The number of nitrogens with two attached hydrogens (primary N) is 1. The molecule has 4 heteroatoms. The van der Waals surface area contributed by atoms with E-state index in [0.29, 0.717) is 13.1 Å². The maximum atomic E-state index is 12.2. The molecule has 1 amide bonds. The third-order valence-electron chi connectivity index (χ3n) is 3.60. The van der Waals surface area contributed by atoms with Crippen molar-refractivity contribution in [3.05, 3.63) is 0 Å². The van der Waals surface area contributed by atoms with Gasteiger partial charge in [0.2, 0.25) is 5.91 Å². The molecule has 1 aliphatic rings. The molecular weight excluding hydrogens is 204 g/mol. The number of ether oxygens (including phenoxy) is 1. The molecule has 0 aromatic heterocycles. The monoisotopic (exact) mass is 228 g/mol. The van der Waals surface area contributed by atoms with E-state index in [4.69, 9.17) is 10.5 Å². The maximum absolute atomic E-state index is 12.2. The SMILES string of the molecule is CCC(C)(CN)C(=O)N(C)CC1CCCO1. The summed E-state index contributed by atoms with van der Waals surface area (Å²) in [7, 11) is 1.84. The van der Waals surface area contributed by atoms with E-state index in [1.165, 1.54) is 0 Å². The van der Waals surface area contributed by atoms with Crippen molar-refractivity contribution in [2.75, 3.05) is 26.7 Å². The lowest BCUT2D eigenvalue weighted by atomic mass is 9.86. The summed E-state index contributed by atoms with van der Waals surface area (Å²) in [6.07, 6.45) is 3.16. The van der Waals surface area contributed by atoms with Crippen LogP contribution in [0.5, 0.6) is 0 Å². The van der Waals surface area contributed by atoms with E-state index in [9.17, 15) is 4.79 Å². The summed E-state index contributed by atoms with van der Waals surface area (Å²) in [6, 6.07) is 0. The molecule has 94 valence electrons. The number of carbonyl (C=O) groups excluding carboxylic acids is 1. The van der Waals surface area contributed by atoms with E-state index in [1.54, 1.807) is 4.90 Å². The molecule has 0 aromatic rings. The fourth-order valence-electron chi connectivity index (χ4n) is 2.02. The molecule has 0 bridgehead atoms. The molecule has 1 fully saturated rings. The summed E-state index contributed by atoms with van der Waals surface area (Å²) in [4.78, 5) is 14.0. The van der Waals surface area contributed by atoms with Crippen LogP contribution in [0, 0.1) is 5.41 Å². The van der Waals surface area contributed by atoms with E-state index in [2.05, 4.69) is 0 Å². The minimum atomic E-state index is -0.423. The van der Waals surface area contributed by atoms with Gasteiger partial charge in [0, 0.05) is 26.7 Å². The van der Waals surface area contributed by atoms with Crippen molar-refractivity contribution in [1.29, 1.82) is 0 Å². The Morgan fingerprint density at radius 3 is 2.75 bits per heavy atom. The summed E-state index contributed by atoms with van der Waals surface area (Å²) in [5.74, 6) is 0.132. The highest BCUT2D eigenvalue weighted by Gasteiger charge is 2.33. The molecule has 2 atom stereocenters. The third-order valence-corrected chi connectivity index (χ3v) is 3.60. The summed E-state index contributed by atoms with van der Waals surface area (Å²) < 4.78 is 5.53. The summed E-state index contributed by atoms with van der Waals surface area (Å²) in [6.45, 7) is 5.85. The highest BCUT2D eigenvalue weighted by Crippen LogP contribution is 2.23. The van der Waals surface area contributed by atoms with E-state index in [0.717, 1.165) is 25.9 Å². The predicted octanol–water partition coefficient (Wildman–Crippen LogP) is 0.999. The molecule has 1 heterocycles. The molecule has 1 aliphatic heterocycles. The lowest BCUT2D eigenvalue weighted by Gasteiger charge is -2.31. The smallest absolute Gasteiger partial charge is 0.229 e. The lowest BCUT2D eigenvalue weighted by molar-refractivity contribution is -0.141. The maximum Gasteiger partial charge on any atom is 0.229 e. The molecule has 0 radical (unpaired) electrons. The Bertz CT molecular complexity index is 233. The van der Waals surface area contributed by atoms with Crippen molar-refractivity contribution in [2.45, 2.75) is 39.2 Å². The van der Waals surface area contributed by atoms with Gasteiger partial charge in [0.05, 0.1) is 11.5 Å². The number of hydrogen-bond acceptors (Lipinski definition) is 3. The molecule has 0 aliphatic carbocycles. The van der Waals surface area contributed by atoms with Crippen LogP contribution >= 0.6 is 0 Å². The lowest BCUT2D eigenvalue weighted by Crippen LogP contribution is -2.46. The van der Waals surface area contributed by atoms with Crippen molar-refractivity contribution >= 4 is 5.91 Å². The Morgan fingerprint density at radius 2 is 2.31 bits per heavy atom. The number of amides is 1. The fraction of sp³-hybridized carbons (Fsp3) is 0.917. The van der Waals surface area contributed by atoms with Crippen LogP contribution in [0.15, 0.2) is 0 Å². The molecular formula is C12H24N2O2. The third kappa shape index (κ3) is 2.95. The van der Waals surface area contributed by atoms with Gasteiger partial charge in [-0.05, 0) is 26.2 Å². The Labute approximate surface area is 98.1 Å². The van der Waals surface area contributed by atoms with Gasteiger partial charge in [-0.25, -0.2) is 0 Å². The van der Waals surface area contributed by atoms with Crippen LogP contribution in [0.25, 0.3) is 0 Å². The second-order valence-electron chi connectivity index (χ2n) is 4.94. The number of rotatable bonds is 5. The van der Waals surface area contributed by atoms with Gasteiger partial charge in [-0.2, -0.15) is 0 Å². The summed E-state index contributed by atoms with van der Waals surface area (Å²) in [5, 5.41) is 0. The average molecular weight is 228 g/mol. The second-order valence-corrected chi connectivity index (χ2v) is 4.94. The van der Waals surface area contributed by atoms with Crippen LogP contribution in [-0.4, -0.2) is 43.7 Å². The van der Waals surface area contributed by atoms with E-state index in [-0.39, 0.29) is 12.0 Å². The van der Waals surface area contributed by atoms with Gasteiger partial charge in [-0.15, -0.1) is 0 Å². The highest BCUT2D eigenvalue weighted by molar-refractivity contribution is 5.82. The van der Waals surface area contributed by atoms with E-state index in [1.807, 2.05) is 20.9 Å². The Balaban J connectivity index is 2.51. The van der Waals surface area contributed by atoms with Crippen molar-refractivity contribution < 1.29 is 9.53 Å². The molecule has 2 N–H and O–H groups in total. The van der Waals surface area contributed by atoms with Gasteiger partial charge in [0.15, 0.2) is 0 Å². The Hall–Kier alpha value is -0.610. The first-order valence-electron chi connectivity index (χ1n) is 6.10. The van der Waals surface area contributed by atoms with Crippen LogP contribution in [0.2, 0.25) is 0 Å². The van der Waals surface area contributed by atoms with Crippen molar-refractivity contribution in [1.82, 2.24) is 4.90 Å². The molecule has 1 rings (SSSR count). The van der Waals surface area contributed by atoms with Gasteiger partial charge in [0.1, 0.15) is 0 Å². The normalized spacial score (nSPS) is 24.1. The van der Waals surface area contributed by atoms with Gasteiger partial charge in [-0.1, -0.05) is 6.92 Å². The number of carbonyl (C=O) groups is 1. The minimum Gasteiger partial charge on any atom is -0.376 e. The molecule has 2 unspecified atom stereocenters. The molecule has 4 nitrogen and oxygen atoms in total. The van der Waals surface area contributed by atoms with Crippen LogP contribution in [0.4, 0.5) is 0 Å². The Kier molecular flexibility index (Phi) is 4.74. The number of likely N-dealkylation sites (N-methyl/N-ethyl adjacent to an activating group) is 1.